The fourth-order valence-corrected chi connectivity index (χ4v) is 2.26. The number of halogens is 1. The van der Waals surface area contributed by atoms with Crippen LogP contribution < -0.4 is 10.5 Å². The molecule has 130 valence electrons. The number of aryl methyl sites for hydroxylation is 1. The Morgan fingerprint density at radius 1 is 1.39 bits per heavy atom. The first kappa shape index (κ1) is 20.0. The molecule has 6 heteroatoms. The van der Waals surface area contributed by atoms with Crippen LogP contribution in [0.15, 0.2) is 23.2 Å². The summed E-state index contributed by atoms with van der Waals surface area (Å²) in [6, 6.07) is 6.23. The minimum absolute atomic E-state index is 0. The molecule has 0 aromatic heterocycles. The summed E-state index contributed by atoms with van der Waals surface area (Å²) >= 11 is 0. The molecule has 0 spiro atoms. The fraction of sp³-hybridized carbons (Fsp3) is 0.588. The Morgan fingerprint density at radius 2 is 2.09 bits per heavy atom. The van der Waals surface area contributed by atoms with E-state index >= 15 is 0 Å². The molecule has 0 radical (unpaired) electrons. The molecule has 23 heavy (non-hydrogen) atoms. The van der Waals surface area contributed by atoms with Gasteiger partial charge in [-0.1, -0.05) is 19.1 Å². The van der Waals surface area contributed by atoms with Gasteiger partial charge in [0.2, 0.25) is 0 Å². The molecule has 1 aromatic rings. The number of nitrogens with zero attached hydrogens (tertiary/aromatic N) is 2. The molecule has 2 rings (SSSR count). The lowest BCUT2D eigenvalue weighted by Gasteiger charge is -2.27. The highest BCUT2D eigenvalue weighted by Crippen LogP contribution is 2.23. The molecule has 1 aromatic carbocycles. The van der Waals surface area contributed by atoms with E-state index in [0.717, 1.165) is 30.8 Å². The van der Waals surface area contributed by atoms with Crippen LogP contribution in [0.25, 0.3) is 0 Å². The van der Waals surface area contributed by atoms with Crippen LogP contribution in [0.1, 0.15) is 31.4 Å². The standard InChI is InChI=1S/C17H27N3O2.HI/c1-4-14(3)22-16-11-13(2)5-6-15(16)12-19-17(18)20-7-9-21-10-8-20;/h5-6,11,14H,4,7-10,12H2,1-3H3,(H2,18,19);1H. The molecule has 1 atom stereocenters. The highest BCUT2D eigenvalue weighted by molar-refractivity contribution is 14.0. The number of morpholine rings is 1. The molecule has 1 aliphatic heterocycles. The summed E-state index contributed by atoms with van der Waals surface area (Å²) in [5.41, 5.74) is 8.34. The zero-order chi connectivity index (χ0) is 15.9. The molecule has 1 heterocycles. The smallest absolute Gasteiger partial charge is 0.191 e. The van der Waals surface area contributed by atoms with Crippen molar-refractivity contribution in [2.24, 2.45) is 10.7 Å². The van der Waals surface area contributed by atoms with Crippen molar-refractivity contribution in [2.45, 2.75) is 39.8 Å². The van der Waals surface area contributed by atoms with E-state index in [4.69, 9.17) is 15.2 Å². The molecule has 2 N–H and O–H groups in total. The number of benzene rings is 1. The Morgan fingerprint density at radius 3 is 2.74 bits per heavy atom. The zero-order valence-electron chi connectivity index (χ0n) is 14.2. The lowest BCUT2D eigenvalue weighted by molar-refractivity contribution is 0.0674. The summed E-state index contributed by atoms with van der Waals surface area (Å²) in [4.78, 5) is 6.59. The highest BCUT2D eigenvalue weighted by Gasteiger charge is 2.13. The van der Waals surface area contributed by atoms with Crippen molar-refractivity contribution in [1.82, 2.24) is 4.90 Å². The maximum atomic E-state index is 6.08. The first-order valence-electron chi connectivity index (χ1n) is 7.99. The van der Waals surface area contributed by atoms with Crippen molar-refractivity contribution < 1.29 is 9.47 Å². The number of nitrogens with two attached hydrogens (primary N) is 1. The predicted molar refractivity (Wildman–Crippen MR) is 105 cm³/mol. The van der Waals surface area contributed by atoms with E-state index in [0.29, 0.717) is 25.7 Å². The third kappa shape index (κ3) is 6.18. The summed E-state index contributed by atoms with van der Waals surface area (Å²) in [6.45, 7) is 9.84. The fourth-order valence-electron chi connectivity index (χ4n) is 2.26. The molecule has 1 fully saturated rings. The first-order chi connectivity index (χ1) is 10.6. The average molecular weight is 433 g/mol. The van der Waals surface area contributed by atoms with Gasteiger partial charge in [-0.15, -0.1) is 24.0 Å². The molecule has 1 unspecified atom stereocenters. The average Bonchev–Trinajstić information content (AvgIpc) is 2.54. The second kappa shape index (κ2) is 9.97. The van der Waals surface area contributed by atoms with Gasteiger partial charge in [0.05, 0.1) is 25.9 Å². The highest BCUT2D eigenvalue weighted by atomic mass is 127. The number of aliphatic imine (C=N–C) groups is 1. The van der Waals surface area contributed by atoms with Crippen LogP contribution in [0.4, 0.5) is 0 Å². The summed E-state index contributed by atoms with van der Waals surface area (Å²) in [6.07, 6.45) is 1.17. The van der Waals surface area contributed by atoms with Gasteiger partial charge in [-0.3, -0.25) is 0 Å². The molecule has 1 saturated heterocycles. The molecule has 0 aliphatic carbocycles. The van der Waals surface area contributed by atoms with Gasteiger partial charge in [0.25, 0.3) is 0 Å². The van der Waals surface area contributed by atoms with Crippen molar-refractivity contribution in [3.05, 3.63) is 29.3 Å². The second-order valence-electron chi connectivity index (χ2n) is 5.72. The molecular formula is C17H28IN3O2. The number of ether oxygens (including phenoxy) is 2. The van der Waals surface area contributed by atoms with Crippen LogP contribution in [0.5, 0.6) is 5.75 Å². The van der Waals surface area contributed by atoms with Gasteiger partial charge >= 0.3 is 0 Å². The summed E-state index contributed by atoms with van der Waals surface area (Å²) in [7, 11) is 0. The van der Waals surface area contributed by atoms with Crippen LogP contribution in [0.2, 0.25) is 0 Å². The minimum atomic E-state index is 0. The monoisotopic (exact) mass is 433 g/mol. The molecule has 0 amide bonds. The Labute approximate surface area is 156 Å². The van der Waals surface area contributed by atoms with E-state index in [1.54, 1.807) is 0 Å². The maximum absolute atomic E-state index is 6.08. The van der Waals surface area contributed by atoms with E-state index in [-0.39, 0.29) is 30.1 Å². The lowest BCUT2D eigenvalue weighted by atomic mass is 10.1. The summed E-state index contributed by atoms with van der Waals surface area (Å²) < 4.78 is 11.3. The summed E-state index contributed by atoms with van der Waals surface area (Å²) in [5, 5.41) is 0. The lowest BCUT2D eigenvalue weighted by Crippen LogP contribution is -2.44. The van der Waals surface area contributed by atoms with Gasteiger partial charge in [0.1, 0.15) is 5.75 Å². The summed E-state index contributed by atoms with van der Waals surface area (Å²) in [5.74, 6) is 1.49. The van der Waals surface area contributed by atoms with Gasteiger partial charge in [-0.25, -0.2) is 4.99 Å². The molecule has 0 saturated carbocycles. The SMILES string of the molecule is CCC(C)Oc1cc(C)ccc1CN=C(N)N1CCOCC1.I. The van der Waals surface area contributed by atoms with Crippen LogP contribution in [0.3, 0.4) is 0 Å². The Kier molecular flexibility index (Phi) is 8.68. The third-order valence-corrected chi connectivity index (χ3v) is 3.87. The Balaban J connectivity index is 0.00000264. The second-order valence-corrected chi connectivity index (χ2v) is 5.72. The largest absolute Gasteiger partial charge is 0.490 e. The number of rotatable bonds is 5. The quantitative estimate of drug-likeness (QED) is 0.441. The van der Waals surface area contributed by atoms with Crippen LogP contribution >= 0.6 is 24.0 Å². The van der Waals surface area contributed by atoms with Gasteiger partial charge in [-0.05, 0) is 31.9 Å². The minimum Gasteiger partial charge on any atom is -0.490 e. The maximum Gasteiger partial charge on any atom is 0.191 e. The van der Waals surface area contributed by atoms with Gasteiger partial charge in [0.15, 0.2) is 5.96 Å². The number of guanidine groups is 1. The predicted octanol–water partition coefficient (Wildman–Crippen LogP) is 2.94. The van der Waals surface area contributed by atoms with Crippen molar-refractivity contribution in [2.75, 3.05) is 26.3 Å². The molecule has 0 bridgehead atoms. The molecular weight excluding hydrogens is 405 g/mol. The third-order valence-electron chi connectivity index (χ3n) is 3.87. The van der Waals surface area contributed by atoms with Crippen molar-refractivity contribution >= 4 is 29.9 Å². The van der Waals surface area contributed by atoms with Crippen LogP contribution in [-0.2, 0) is 11.3 Å². The van der Waals surface area contributed by atoms with Gasteiger partial charge in [0, 0.05) is 18.7 Å². The van der Waals surface area contributed by atoms with Crippen molar-refractivity contribution in [3.8, 4) is 5.75 Å². The first-order valence-corrected chi connectivity index (χ1v) is 7.99. The van der Waals surface area contributed by atoms with Crippen molar-refractivity contribution in [3.63, 3.8) is 0 Å². The molecule has 5 nitrogen and oxygen atoms in total. The van der Waals surface area contributed by atoms with E-state index in [9.17, 15) is 0 Å². The van der Waals surface area contributed by atoms with E-state index in [1.165, 1.54) is 5.56 Å². The van der Waals surface area contributed by atoms with E-state index in [1.807, 2.05) is 0 Å². The topological polar surface area (TPSA) is 60.1 Å². The van der Waals surface area contributed by atoms with Crippen LogP contribution in [-0.4, -0.2) is 43.3 Å². The van der Waals surface area contributed by atoms with Gasteiger partial charge < -0.3 is 20.1 Å². The Bertz CT molecular complexity index is 517. The number of hydrogen-bond acceptors (Lipinski definition) is 3. The normalized spacial score (nSPS) is 16.7. The van der Waals surface area contributed by atoms with E-state index < -0.39 is 0 Å². The van der Waals surface area contributed by atoms with Crippen molar-refractivity contribution in [1.29, 1.82) is 0 Å². The van der Waals surface area contributed by atoms with Crippen LogP contribution in [0, 0.1) is 6.92 Å². The molecule has 1 aliphatic rings. The van der Waals surface area contributed by atoms with Gasteiger partial charge in [-0.2, -0.15) is 0 Å². The zero-order valence-corrected chi connectivity index (χ0v) is 16.6. The number of hydrogen-bond donors (Lipinski definition) is 1. The Hall–Kier alpha value is -1.02. The van der Waals surface area contributed by atoms with E-state index in [2.05, 4.69) is 48.9 Å².